The smallest absolute Gasteiger partial charge is 0.326 e. The van der Waals surface area contributed by atoms with Crippen LogP contribution in [0.25, 0.3) is 10.9 Å². The number of H-pyrrole nitrogens is 1. The molecule has 9 heteroatoms. The molecule has 2 unspecified atom stereocenters. The fourth-order valence-electron chi connectivity index (χ4n) is 4.67. The zero-order chi connectivity index (χ0) is 25.0. The van der Waals surface area contributed by atoms with E-state index < -0.39 is 28.7 Å². The fraction of sp³-hybridized carbons (Fsp3) is 0.346. The molecule has 8 nitrogen and oxygen atoms in total. The van der Waals surface area contributed by atoms with Crippen LogP contribution < -0.4 is 10.6 Å². The molecule has 0 spiro atoms. The molecule has 184 valence electrons. The topological polar surface area (TPSA) is 132 Å². The molecule has 1 aliphatic rings. The van der Waals surface area contributed by atoms with Gasteiger partial charge in [0.1, 0.15) is 17.3 Å². The Hall–Kier alpha value is -3.46. The number of phenols is 1. The largest absolute Gasteiger partial charge is 0.508 e. The van der Waals surface area contributed by atoms with Crippen LogP contribution in [-0.4, -0.2) is 49.8 Å². The number of aromatic hydroxyl groups is 1. The number of hydrogen-bond donors (Lipinski definition) is 6. The third-order valence-corrected chi connectivity index (χ3v) is 7.04. The normalized spacial score (nSPS) is 16.5. The van der Waals surface area contributed by atoms with E-state index in [0.29, 0.717) is 19.3 Å². The lowest BCUT2D eigenvalue weighted by atomic mass is 9.94. The Kier molecular flexibility index (Phi) is 7.35. The molecular formula is C26H29N3O5S. The van der Waals surface area contributed by atoms with Crippen molar-refractivity contribution >= 4 is 41.3 Å². The van der Waals surface area contributed by atoms with Crippen LogP contribution in [0.1, 0.15) is 36.8 Å². The van der Waals surface area contributed by atoms with Gasteiger partial charge in [-0.25, -0.2) is 4.79 Å². The van der Waals surface area contributed by atoms with Gasteiger partial charge in [0, 0.05) is 23.5 Å². The first-order chi connectivity index (χ1) is 16.8. The molecule has 0 aliphatic heterocycles. The Labute approximate surface area is 208 Å². The minimum absolute atomic E-state index is 0.116. The SMILES string of the molecule is O=C(NC1(C(=O)NC(Cc2c[nH]c3ccccc23)C(=O)O)CCCC1)C(S)Cc1ccc(O)cc1. The minimum atomic E-state index is -1.17. The molecule has 0 bridgehead atoms. The molecule has 1 aromatic heterocycles. The molecule has 1 aliphatic carbocycles. The lowest BCUT2D eigenvalue weighted by Gasteiger charge is -2.31. The average molecular weight is 496 g/mol. The first kappa shape index (κ1) is 24.7. The second kappa shape index (κ2) is 10.4. The zero-order valence-electron chi connectivity index (χ0n) is 19.2. The zero-order valence-corrected chi connectivity index (χ0v) is 20.1. The third kappa shape index (κ3) is 5.62. The van der Waals surface area contributed by atoms with Gasteiger partial charge in [0.25, 0.3) is 0 Å². The maximum absolute atomic E-state index is 13.4. The number of rotatable bonds is 9. The van der Waals surface area contributed by atoms with Crippen LogP contribution in [0.5, 0.6) is 5.75 Å². The predicted molar refractivity (Wildman–Crippen MR) is 135 cm³/mol. The number of amides is 2. The molecule has 2 aromatic carbocycles. The molecule has 4 rings (SSSR count). The summed E-state index contributed by atoms with van der Waals surface area (Å²) in [5, 5.41) is 25.0. The van der Waals surface area contributed by atoms with Gasteiger partial charge in [0.05, 0.1) is 5.25 Å². The molecule has 2 atom stereocenters. The highest BCUT2D eigenvalue weighted by Crippen LogP contribution is 2.31. The van der Waals surface area contributed by atoms with Crippen molar-refractivity contribution in [2.45, 2.75) is 55.4 Å². The maximum atomic E-state index is 13.4. The van der Waals surface area contributed by atoms with Crippen LogP contribution >= 0.6 is 12.6 Å². The van der Waals surface area contributed by atoms with Gasteiger partial charge in [0.2, 0.25) is 11.8 Å². The van der Waals surface area contributed by atoms with Gasteiger partial charge in [-0.1, -0.05) is 43.2 Å². The highest BCUT2D eigenvalue weighted by molar-refractivity contribution is 7.81. The summed E-state index contributed by atoms with van der Waals surface area (Å²) >= 11 is 4.43. The number of carbonyl (C=O) groups excluding carboxylic acids is 2. The number of fused-ring (bicyclic) bond motifs is 1. The summed E-state index contributed by atoms with van der Waals surface area (Å²) < 4.78 is 0. The van der Waals surface area contributed by atoms with Gasteiger partial charge in [-0.3, -0.25) is 9.59 Å². The van der Waals surface area contributed by atoms with Crippen LogP contribution in [0.4, 0.5) is 0 Å². The lowest BCUT2D eigenvalue weighted by molar-refractivity contribution is -0.143. The van der Waals surface area contributed by atoms with E-state index in [1.807, 2.05) is 24.3 Å². The number of phenolic OH excluding ortho intramolecular Hbond substituents is 1. The average Bonchev–Trinajstić information content (AvgIpc) is 3.48. The van der Waals surface area contributed by atoms with Gasteiger partial charge in [-0.2, -0.15) is 12.6 Å². The van der Waals surface area contributed by atoms with E-state index in [-0.39, 0.29) is 18.1 Å². The van der Waals surface area contributed by atoms with E-state index in [4.69, 9.17) is 0 Å². The van der Waals surface area contributed by atoms with Gasteiger partial charge < -0.3 is 25.8 Å². The highest BCUT2D eigenvalue weighted by Gasteiger charge is 2.44. The minimum Gasteiger partial charge on any atom is -0.508 e. The summed E-state index contributed by atoms with van der Waals surface area (Å²) in [5.74, 6) is -1.87. The number of thiol groups is 1. The molecule has 2 amide bonds. The lowest BCUT2D eigenvalue weighted by Crippen LogP contribution is -2.61. The van der Waals surface area contributed by atoms with Crippen LogP contribution in [0.2, 0.25) is 0 Å². The molecule has 1 saturated carbocycles. The fourth-order valence-corrected chi connectivity index (χ4v) is 4.95. The van der Waals surface area contributed by atoms with E-state index in [9.17, 15) is 24.6 Å². The molecule has 0 radical (unpaired) electrons. The number of carbonyl (C=O) groups is 3. The Morgan fingerprint density at radius 3 is 2.40 bits per heavy atom. The molecule has 3 aromatic rings. The number of para-hydroxylation sites is 1. The summed E-state index contributed by atoms with van der Waals surface area (Å²) in [5.41, 5.74) is 1.35. The number of aromatic amines is 1. The summed E-state index contributed by atoms with van der Waals surface area (Å²) in [6, 6.07) is 13.0. The summed E-state index contributed by atoms with van der Waals surface area (Å²) in [4.78, 5) is 41.5. The van der Waals surface area contributed by atoms with E-state index >= 15 is 0 Å². The summed E-state index contributed by atoms with van der Waals surface area (Å²) in [6.45, 7) is 0. The Morgan fingerprint density at radius 1 is 1.03 bits per heavy atom. The van der Waals surface area contributed by atoms with Crippen molar-refractivity contribution in [2.24, 2.45) is 0 Å². The van der Waals surface area contributed by atoms with Crippen molar-refractivity contribution in [3.63, 3.8) is 0 Å². The third-order valence-electron chi connectivity index (χ3n) is 6.62. The van der Waals surface area contributed by atoms with E-state index in [2.05, 4.69) is 28.2 Å². The molecular weight excluding hydrogens is 466 g/mol. The second-order valence-corrected chi connectivity index (χ2v) is 9.72. The van der Waals surface area contributed by atoms with Crippen LogP contribution in [-0.2, 0) is 27.2 Å². The molecule has 35 heavy (non-hydrogen) atoms. The molecule has 1 heterocycles. The first-order valence-electron chi connectivity index (χ1n) is 11.6. The van der Waals surface area contributed by atoms with Crippen molar-refractivity contribution in [1.29, 1.82) is 0 Å². The number of aliphatic carboxylic acids is 1. The Bertz CT molecular complexity index is 1220. The van der Waals surface area contributed by atoms with Crippen molar-refractivity contribution in [3.05, 3.63) is 65.9 Å². The Morgan fingerprint density at radius 2 is 1.71 bits per heavy atom. The number of carboxylic acids is 1. The number of nitrogens with one attached hydrogen (secondary N) is 3. The van der Waals surface area contributed by atoms with Crippen LogP contribution in [0.15, 0.2) is 54.7 Å². The summed E-state index contributed by atoms with van der Waals surface area (Å²) in [7, 11) is 0. The monoisotopic (exact) mass is 495 g/mol. The highest BCUT2D eigenvalue weighted by atomic mass is 32.1. The quantitative estimate of drug-likeness (QED) is 0.254. The van der Waals surface area contributed by atoms with Crippen molar-refractivity contribution in [1.82, 2.24) is 15.6 Å². The van der Waals surface area contributed by atoms with Crippen LogP contribution in [0, 0.1) is 0 Å². The van der Waals surface area contributed by atoms with Gasteiger partial charge in [-0.15, -0.1) is 0 Å². The standard InChI is InChI=1S/C26H29N3O5S/c30-18-9-7-16(8-10-18)13-22(35)23(31)29-26(11-3-4-12-26)25(34)28-21(24(32)33)14-17-15-27-20-6-2-1-5-19(17)20/h1-2,5-10,15,21-22,27,30,35H,3-4,11-14H2,(H,28,34)(H,29,31)(H,32,33). The predicted octanol–water partition coefficient (Wildman–Crippen LogP) is 2.96. The molecule has 5 N–H and O–H groups in total. The number of hydrogen-bond acceptors (Lipinski definition) is 5. The molecule has 1 fully saturated rings. The Balaban J connectivity index is 1.45. The molecule has 0 saturated heterocycles. The van der Waals surface area contributed by atoms with Gasteiger partial charge in [0.15, 0.2) is 0 Å². The number of carboxylic acid groups (broad SMARTS) is 1. The first-order valence-corrected chi connectivity index (χ1v) is 12.2. The summed E-state index contributed by atoms with van der Waals surface area (Å²) in [6.07, 6.45) is 4.57. The van der Waals surface area contributed by atoms with E-state index in [1.165, 1.54) is 0 Å². The van der Waals surface area contributed by atoms with Crippen molar-refractivity contribution in [3.8, 4) is 5.75 Å². The second-order valence-electron chi connectivity index (χ2n) is 9.09. The van der Waals surface area contributed by atoms with E-state index in [1.54, 1.807) is 30.5 Å². The number of benzene rings is 2. The maximum Gasteiger partial charge on any atom is 0.326 e. The van der Waals surface area contributed by atoms with Gasteiger partial charge in [-0.05, 0) is 48.6 Å². The van der Waals surface area contributed by atoms with Gasteiger partial charge >= 0.3 is 5.97 Å². The van der Waals surface area contributed by atoms with Crippen molar-refractivity contribution < 1.29 is 24.6 Å². The number of aromatic nitrogens is 1. The van der Waals surface area contributed by atoms with E-state index in [0.717, 1.165) is 34.9 Å². The van der Waals surface area contributed by atoms with Crippen molar-refractivity contribution in [2.75, 3.05) is 0 Å². The van der Waals surface area contributed by atoms with Crippen LogP contribution in [0.3, 0.4) is 0 Å².